The van der Waals surface area contributed by atoms with Crippen LogP contribution in [0.3, 0.4) is 0 Å². The molecular formula is C15H11ClF3NO2. The fraction of sp³-hybridized carbons (Fsp3) is 0.267. The molecule has 1 N–H and O–H groups in total. The monoisotopic (exact) mass is 329 g/mol. The Morgan fingerprint density at radius 2 is 2.05 bits per heavy atom. The van der Waals surface area contributed by atoms with Crippen LogP contribution in [0.5, 0.6) is 0 Å². The second-order valence-corrected chi connectivity index (χ2v) is 5.47. The summed E-state index contributed by atoms with van der Waals surface area (Å²) in [4.78, 5) is 4.10. The summed E-state index contributed by atoms with van der Waals surface area (Å²) in [5.74, 6) is 0.245. The topological polar surface area (TPSA) is 46.3 Å². The second-order valence-electron chi connectivity index (χ2n) is 5.06. The van der Waals surface area contributed by atoms with Crippen molar-refractivity contribution in [2.24, 2.45) is 0 Å². The van der Waals surface area contributed by atoms with Gasteiger partial charge in [-0.1, -0.05) is 11.6 Å². The third kappa shape index (κ3) is 3.11. The molecule has 3 nitrogen and oxygen atoms in total. The van der Waals surface area contributed by atoms with Gasteiger partial charge in [0.25, 0.3) is 0 Å². The van der Waals surface area contributed by atoms with Crippen LogP contribution in [0.15, 0.2) is 40.2 Å². The van der Waals surface area contributed by atoms with Gasteiger partial charge in [0.05, 0.1) is 34.0 Å². The molecule has 1 aromatic heterocycles. The summed E-state index contributed by atoms with van der Waals surface area (Å²) < 4.78 is 43.5. The Hall–Kier alpha value is -1.95. The molecule has 0 aliphatic heterocycles. The molecule has 1 aromatic carbocycles. The number of benzene rings is 1. The van der Waals surface area contributed by atoms with E-state index in [-0.39, 0.29) is 28.7 Å². The first-order valence-electron chi connectivity index (χ1n) is 6.56. The number of aliphatic hydroxyl groups excluding tert-OH is 1. The molecule has 1 heterocycles. The minimum Gasteiger partial charge on any atom is -0.512 e. The lowest BCUT2D eigenvalue weighted by atomic mass is 10.1. The van der Waals surface area contributed by atoms with E-state index in [1.54, 1.807) is 0 Å². The highest BCUT2D eigenvalue weighted by Gasteiger charge is 2.31. The zero-order valence-electron chi connectivity index (χ0n) is 11.2. The lowest BCUT2D eigenvalue weighted by Crippen LogP contribution is -2.04. The lowest BCUT2D eigenvalue weighted by Gasteiger charge is -2.08. The number of nitrogens with zero attached hydrogens (tertiary/aromatic N) is 1. The average Bonchev–Trinajstić information content (AvgIpc) is 3.19. The molecule has 0 radical (unpaired) electrons. The van der Waals surface area contributed by atoms with Crippen molar-refractivity contribution in [1.82, 2.24) is 4.98 Å². The summed E-state index contributed by atoms with van der Waals surface area (Å²) >= 11 is 5.93. The Balaban J connectivity index is 1.91. The van der Waals surface area contributed by atoms with Crippen LogP contribution < -0.4 is 0 Å². The Morgan fingerprint density at radius 3 is 2.68 bits per heavy atom. The van der Waals surface area contributed by atoms with Gasteiger partial charge in [0, 0.05) is 0 Å². The molecule has 0 atom stereocenters. The molecular weight excluding hydrogens is 319 g/mol. The normalized spacial score (nSPS) is 14.3. The van der Waals surface area contributed by atoms with Crippen LogP contribution in [0, 0.1) is 0 Å². The first-order valence-corrected chi connectivity index (χ1v) is 6.94. The van der Waals surface area contributed by atoms with Gasteiger partial charge in [-0.2, -0.15) is 13.2 Å². The van der Waals surface area contributed by atoms with Crippen molar-refractivity contribution in [2.75, 3.05) is 0 Å². The number of oxazole rings is 1. The minimum atomic E-state index is -4.47. The van der Waals surface area contributed by atoms with Crippen LogP contribution in [0.2, 0.25) is 5.02 Å². The number of alkyl halides is 3. The second kappa shape index (κ2) is 5.35. The summed E-state index contributed by atoms with van der Waals surface area (Å²) in [6.45, 7) is 0. The summed E-state index contributed by atoms with van der Waals surface area (Å²) in [5.41, 5.74) is 0.665. The van der Waals surface area contributed by atoms with Crippen LogP contribution in [0.1, 0.15) is 24.1 Å². The summed E-state index contributed by atoms with van der Waals surface area (Å²) in [6.07, 6.45) is -1.21. The molecule has 1 aliphatic rings. The van der Waals surface area contributed by atoms with Crippen molar-refractivity contribution in [2.45, 2.75) is 25.4 Å². The van der Waals surface area contributed by atoms with Crippen molar-refractivity contribution < 1.29 is 22.7 Å². The number of halogens is 4. The van der Waals surface area contributed by atoms with Crippen LogP contribution in [-0.4, -0.2) is 10.1 Å². The summed E-state index contributed by atoms with van der Waals surface area (Å²) in [7, 11) is 0. The fourth-order valence-corrected chi connectivity index (χ4v) is 2.22. The van der Waals surface area contributed by atoms with Crippen LogP contribution in [-0.2, 0) is 12.6 Å². The van der Waals surface area contributed by atoms with Crippen LogP contribution in [0.25, 0.3) is 11.5 Å². The van der Waals surface area contributed by atoms with E-state index in [0.717, 1.165) is 36.6 Å². The van der Waals surface area contributed by atoms with Crippen molar-refractivity contribution in [3.63, 3.8) is 0 Å². The molecule has 7 heteroatoms. The van der Waals surface area contributed by atoms with E-state index in [1.807, 2.05) is 0 Å². The van der Waals surface area contributed by atoms with Gasteiger partial charge in [0.2, 0.25) is 5.89 Å². The van der Waals surface area contributed by atoms with Gasteiger partial charge >= 0.3 is 6.18 Å². The van der Waals surface area contributed by atoms with Crippen molar-refractivity contribution >= 4 is 11.6 Å². The number of allylic oxidation sites excluding steroid dienone is 2. The summed E-state index contributed by atoms with van der Waals surface area (Å²) in [6, 6.07) is 2.96. The number of aliphatic hydroxyl groups is 1. The van der Waals surface area contributed by atoms with Gasteiger partial charge in [-0.05, 0) is 36.6 Å². The maximum absolute atomic E-state index is 12.8. The van der Waals surface area contributed by atoms with E-state index < -0.39 is 11.7 Å². The van der Waals surface area contributed by atoms with Gasteiger partial charge in [-0.3, -0.25) is 0 Å². The third-order valence-electron chi connectivity index (χ3n) is 3.33. The van der Waals surface area contributed by atoms with E-state index in [9.17, 15) is 18.3 Å². The predicted octanol–water partition coefficient (Wildman–Crippen LogP) is 5.16. The molecule has 1 fully saturated rings. The number of hydrogen-bond acceptors (Lipinski definition) is 3. The van der Waals surface area contributed by atoms with Gasteiger partial charge in [-0.25, -0.2) is 4.98 Å². The Morgan fingerprint density at radius 1 is 1.32 bits per heavy atom. The molecule has 116 valence electrons. The summed E-state index contributed by atoms with van der Waals surface area (Å²) in [5, 5.41) is 9.87. The smallest absolute Gasteiger partial charge is 0.416 e. The maximum Gasteiger partial charge on any atom is 0.416 e. The molecule has 22 heavy (non-hydrogen) atoms. The van der Waals surface area contributed by atoms with Gasteiger partial charge in [0.1, 0.15) is 6.26 Å². The van der Waals surface area contributed by atoms with Crippen LogP contribution >= 0.6 is 11.6 Å². The highest BCUT2D eigenvalue weighted by Crippen LogP contribution is 2.36. The molecule has 0 bridgehead atoms. The highest BCUT2D eigenvalue weighted by atomic mass is 35.5. The van der Waals surface area contributed by atoms with Gasteiger partial charge in [0.15, 0.2) is 0 Å². The molecule has 2 aromatic rings. The van der Waals surface area contributed by atoms with Gasteiger partial charge < -0.3 is 9.52 Å². The predicted molar refractivity (Wildman–Crippen MR) is 74.5 cm³/mol. The van der Waals surface area contributed by atoms with E-state index in [2.05, 4.69) is 4.98 Å². The first kappa shape index (κ1) is 15.0. The molecule has 0 amide bonds. The molecule has 1 aliphatic carbocycles. The van der Waals surface area contributed by atoms with Gasteiger partial charge in [-0.15, -0.1) is 0 Å². The Bertz CT molecular complexity index is 743. The number of aromatic nitrogens is 1. The number of hydrogen-bond donors (Lipinski definition) is 1. The number of rotatable bonds is 3. The SMILES string of the molecule is OC(Cc1coc(-c2cc(C(F)(F)F)ccc2Cl)n1)=C1CC1. The van der Waals surface area contributed by atoms with Crippen LogP contribution in [0.4, 0.5) is 13.2 Å². The first-order chi connectivity index (χ1) is 10.3. The third-order valence-corrected chi connectivity index (χ3v) is 3.66. The maximum atomic E-state index is 12.8. The molecule has 3 rings (SSSR count). The van der Waals surface area contributed by atoms with Crippen molar-refractivity contribution in [3.8, 4) is 11.5 Å². The quantitative estimate of drug-likeness (QED) is 0.791. The fourth-order valence-electron chi connectivity index (χ4n) is 2.03. The van der Waals surface area contributed by atoms with Crippen molar-refractivity contribution in [3.05, 3.63) is 52.1 Å². The largest absolute Gasteiger partial charge is 0.512 e. The zero-order valence-corrected chi connectivity index (χ0v) is 12.0. The van der Waals surface area contributed by atoms with E-state index >= 15 is 0 Å². The standard InChI is InChI=1S/C15H11ClF3NO2/c16-12-4-3-9(15(17,18)19)5-11(12)14-20-10(7-22-14)6-13(21)8-1-2-8/h3-5,7,21H,1-2,6H2. The molecule has 0 spiro atoms. The minimum absolute atomic E-state index is 0.000281. The molecule has 0 saturated heterocycles. The average molecular weight is 330 g/mol. The van der Waals surface area contributed by atoms with Crippen molar-refractivity contribution in [1.29, 1.82) is 0 Å². The zero-order chi connectivity index (χ0) is 15.9. The van der Waals surface area contributed by atoms with E-state index in [1.165, 1.54) is 6.26 Å². The van der Waals surface area contributed by atoms with E-state index in [4.69, 9.17) is 16.0 Å². The molecule has 1 saturated carbocycles. The molecule has 0 unspecified atom stereocenters. The van der Waals surface area contributed by atoms with E-state index in [0.29, 0.717) is 5.69 Å². The Labute approximate surface area is 129 Å². The highest BCUT2D eigenvalue weighted by molar-refractivity contribution is 6.33. The Kier molecular flexibility index (Phi) is 3.64. The lowest BCUT2D eigenvalue weighted by molar-refractivity contribution is -0.137.